The molecule has 0 spiro atoms. The van der Waals surface area contributed by atoms with Gasteiger partial charge in [0.2, 0.25) is 0 Å². The molecule has 0 aliphatic carbocycles. The molecule has 4 heteroatoms. The summed E-state index contributed by atoms with van der Waals surface area (Å²) in [5, 5.41) is 11.8. The highest BCUT2D eigenvalue weighted by Gasteiger charge is 1.95. The van der Waals surface area contributed by atoms with Crippen molar-refractivity contribution in [3.8, 4) is 6.07 Å². The lowest BCUT2D eigenvalue weighted by molar-refractivity contribution is 0.149. The molecular formula is C12H15N3O. The minimum Gasteiger partial charge on any atom is -0.383 e. The van der Waals surface area contributed by atoms with Crippen LogP contribution in [0.15, 0.2) is 31.0 Å². The van der Waals surface area contributed by atoms with Crippen LogP contribution in [0.3, 0.4) is 0 Å². The van der Waals surface area contributed by atoms with E-state index in [0.29, 0.717) is 25.5 Å². The molecule has 0 aliphatic heterocycles. The van der Waals surface area contributed by atoms with Crippen LogP contribution in [0.1, 0.15) is 12.1 Å². The van der Waals surface area contributed by atoms with Crippen molar-refractivity contribution >= 4 is 5.69 Å². The van der Waals surface area contributed by atoms with E-state index in [1.54, 1.807) is 12.3 Å². The van der Waals surface area contributed by atoms with Crippen molar-refractivity contribution < 1.29 is 4.74 Å². The fourth-order valence-corrected chi connectivity index (χ4v) is 1.14. The van der Waals surface area contributed by atoms with Gasteiger partial charge in [-0.1, -0.05) is 6.08 Å². The molecule has 1 N–H and O–H groups in total. The Balaban J connectivity index is 2.21. The molecule has 84 valence electrons. The molecule has 0 fully saturated rings. The fraction of sp³-hybridized carbons (Fsp3) is 0.333. The van der Waals surface area contributed by atoms with Gasteiger partial charge < -0.3 is 10.1 Å². The van der Waals surface area contributed by atoms with Crippen LogP contribution in [0.4, 0.5) is 5.69 Å². The summed E-state index contributed by atoms with van der Waals surface area (Å²) in [5.74, 6) is 0. The maximum absolute atomic E-state index is 8.66. The maximum Gasteiger partial charge on any atom is 0.142 e. The zero-order valence-corrected chi connectivity index (χ0v) is 9.15. The van der Waals surface area contributed by atoms with Gasteiger partial charge in [0.1, 0.15) is 11.8 Å². The lowest BCUT2D eigenvalue weighted by atomic mass is 10.3. The molecule has 1 rings (SSSR count). The molecular weight excluding hydrogens is 202 g/mol. The first-order valence-electron chi connectivity index (χ1n) is 5.15. The number of pyridine rings is 1. The number of anilines is 1. The van der Waals surface area contributed by atoms with Crippen LogP contribution in [0.5, 0.6) is 0 Å². The van der Waals surface area contributed by atoms with Gasteiger partial charge in [-0.15, -0.1) is 6.58 Å². The molecule has 0 unspecified atom stereocenters. The molecule has 4 nitrogen and oxygen atoms in total. The first-order valence-corrected chi connectivity index (χ1v) is 5.15. The van der Waals surface area contributed by atoms with E-state index in [0.717, 1.165) is 12.1 Å². The Morgan fingerprint density at radius 1 is 1.56 bits per heavy atom. The third-order valence-electron chi connectivity index (χ3n) is 1.92. The van der Waals surface area contributed by atoms with E-state index in [4.69, 9.17) is 10.00 Å². The lowest BCUT2D eigenvalue weighted by Gasteiger charge is -2.06. The van der Waals surface area contributed by atoms with Crippen LogP contribution in [-0.4, -0.2) is 24.7 Å². The number of hydrogen-bond donors (Lipinski definition) is 1. The monoisotopic (exact) mass is 217 g/mol. The molecule has 0 atom stereocenters. The minimum atomic E-state index is 0.414. The number of aromatic nitrogens is 1. The average molecular weight is 217 g/mol. The molecule has 0 saturated heterocycles. The Morgan fingerprint density at radius 3 is 3.19 bits per heavy atom. The molecule has 0 saturated carbocycles. The SMILES string of the molecule is C=CCCOCCNc1ccnc(C#N)c1. The van der Waals surface area contributed by atoms with E-state index in [-0.39, 0.29) is 0 Å². The summed E-state index contributed by atoms with van der Waals surface area (Å²) >= 11 is 0. The second-order valence-electron chi connectivity index (χ2n) is 3.16. The topological polar surface area (TPSA) is 57.9 Å². The van der Waals surface area contributed by atoms with Gasteiger partial charge in [0.25, 0.3) is 0 Å². The predicted molar refractivity (Wildman–Crippen MR) is 63.1 cm³/mol. The van der Waals surface area contributed by atoms with Gasteiger partial charge in [0.05, 0.1) is 13.2 Å². The van der Waals surface area contributed by atoms with Crippen molar-refractivity contribution in [3.63, 3.8) is 0 Å². The summed E-state index contributed by atoms with van der Waals surface area (Å²) in [6, 6.07) is 5.53. The summed E-state index contributed by atoms with van der Waals surface area (Å²) < 4.78 is 5.34. The number of ether oxygens (including phenoxy) is 1. The van der Waals surface area contributed by atoms with Crippen LogP contribution >= 0.6 is 0 Å². The first-order chi connectivity index (χ1) is 7.86. The zero-order chi connectivity index (χ0) is 11.6. The van der Waals surface area contributed by atoms with E-state index >= 15 is 0 Å². The molecule has 16 heavy (non-hydrogen) atoms. The minimum absolute atomic E-state index is 0.414. The molecule has 1 aromatic heterocycles. The standard InChI is InChI=1S/C12H15N3O/c1-2-3-7-16-8-6-15-11-4-5-14-12(9-11)10-13/h2,4-5,9H,1,3,6-8H2,(H,14,15). The summed E-state index contributed by atoms with van der Waals surface area (Å²) in [6.45, 7) is 5.66. The van der Waals surface area contributed by atoms with Crippen molar-refractivity contribution in [2.45, 2.75) is 6.42 Å². The van der Waals surface area contributed by atoms with Crippen LogP contribution in [0.25, 0.3) is 0 Å². The normalized spacial score (nSPS) is 9.44. The first kappa shape index (κ1) is 12.2. The highest BCUT2D eigenvalue weighted by molar-refractivity contribution is 5.45. The number of nitriles is 1. The Hall–Kier alpha value is -1.86. The molecule has 0 aliphatic rings. The predicted octanol–water partition coefficient (Wildman–Crippen LogP) is 1.96. The summed E-state index contributed by atoms with van der Waals surface area (Å²) in [5.41, 5.74) is 1.30. The maximum atomic E-state index is 8.66. The second kappa shape index (κ2) is 7.43. The number of nitrogens with zero attached hydrogens (tertiary/aromatic N) is 2. The van der Waals surface area contributed by atoms with Crippen molar-refractivity contribution in [3.05, 3.63) is 36.7 Å². The van der Waals surface area contributed by atoms with Crippen molar-refractivity contribution in [1.82, 2.24) is 4.98 Å². The zero-order valence-electron chi connectivity index (χ0n) is 9.15. The van der Waals surface area contributed by atoms with Gasteiger partial charge in [-0.25, -0.2) is 4.98 Å². The van der Waals surface area contributed by atoms with E-state index < -0.39 is 0 Å². The van der Waals surface area contributed by atoms with E-state index in [2.05, 4.69) is 16.9 Å². The van der Waals surface area contributed by atoms with E-state index in [9.17, 15) is 0 Å². The van der Waals surface area contributed by atoms with E-state index in [1.807, 2.05) is 18.2 Å². The van der Waals surface area contributed by atoms with Crippen molar-refractivity contribution in [2.75, 3.05) is 25.1 Å². The summed E-state index contributed by atoms with van der Waals surface area (Å²) in [6.07, 6.45) is 4.31. The van der Waals surface area contributed by atoms with Crippen LogP contribution in [-0.2, 0) is 4.74 Å². The van der Waals surface area contributed by atoms with Gasteiger partial charge in [-0.3, -0.25) is 0 Å². The third kappa shape index (κ3) is 4.58. The Labute approximate surface area is 95.6 Å². The van der Waals surface area contributed by atoms with Gasteiger partial charge in [0.15, 0.2) is 0 Å². The Kier molecular flexibility index (Phi) is 5.67. The lowest BCUT2D eigenvalue weighted by Crippen LogP contribution is -2.10. The summed E-state index contributed by atoms with van der Waals surface area (Å²) in [7, 11) is 0. The third-order valence-corrected chi connectivity index (χ3v) is 1.92. The van der Waals surface area contributed by atoms with Crippen LogP contribution < -0.4 is 5.32 Å². The number of hydrogen-bond acceptors (Lipinski definition) is 4. The quantitative estimate of drug-likeness (QED) is 0.560. The summed E-state index contributed by atoms with van der Waals surface area (Å²) in [4.78, 5) is 3.88. The van der Waals surface area contributed by atoms with E-state index in [1.165, 1.54) is 0 Å². The second-order valence-corrected chi connectivity index (χ2v) is 3.16. The molecule has 0 bridgehead atoms. The highest BCUT2D eigenvalue weighted by atomic mass is 16.5. The average Bonchev–Trinajstić information content (AvgIpc) is 2.34. The fourth-order valence-electron chi connectivity index (χ4n) is 1.14. The van der Waals surface area contributed by atoms with Gasteiger partial charge in [-0.05, 0) is 18.6 Å². The molecule has 1 aromatic rings. The van der Waals surface area contributed by atoms with Crippen molar-refractivity contribution in [2.24, 2.45) is 0 Å². The Bertz CT molecular complexity index is 371. The smallest absolute Gasteiger partial charge is 0.142 e. The molecule has 1 heterocycles. The van der Waals surface area contributed by atoms with Crippen molar-refractivity contribution in [1.29, 1.82) is 5.26 Å². The molecule has 0 radical (unpaired) electrons. The van der Waals surface area contributed by atoms with Crippen LogP contribution in [0.2, 0.25) is 0 Å². The molecule has 0 aromatic carbocycles. The number of rotatable bonds is 7. The molecule has 0 amide bonds. The van der Waals surface area contributed by atoms with Gasteiger partial charge >= 0.3 is 0 Å². The largest absolute Gasteiger partial charge is 0.383 e. The Morgan fingerprint density at radius 2 is 2.44 bits per heavy atom. The highest BCUT2D eigenvalue weighted by Crippen LogP contribution is 2.06. The van der Waals surface area contributed by atoms with Crippen LogP contribution in [0, 0.1) is 11.3 Å². The van der Waals surface area contributed by atoms with Gasteiger partial charge in [-0.2, -0.15) is 5.26 Å². The van der Waals surface area contributed by atoms with Gasteiger partial charge in [0, 0.05) is 18.4 Å². The number of nitrogens with one attached hydrogen (secondary N) is 1.